The van der Waals surface area contributed by atoms with Gasteiger partial charge in [0.15, 0.2) is 0 Å². The Kier molecular flexibility index (Phi) is 10.0. The zero-order valence-electron chi connectivity index (χ0n) is 35.8. The van der Waals surface area contributed by atoms with Gasteiger partial charge in [0.25, 0.3) is 0 Å². The molecule has 6 heteroatoms. The van der Waals surface area contributed by atoms with E-state index in [-0.39, 0.29) is 0 Å². The highest BCUT2D eigenvalue weighted by atomic mass is 28.3. The van der Waals surface area contributed by atoms with Crippen LogP contribution in [0, 0.1) is 0 Å². The number of nitrogens with zero attached hydrogens (tertiary/aromatic N) is 2. The van der Waals surface area contributed by atoms with Gasteiger partial charge in [0.05, 0.1) is 33.0 Å². The zero-order valence-corrected chi connectivity index (χ0v) is 40.0. The van der Waals surface area contributed by atoms with Gasteiger partial charge in [-0.15, -0.1) is 0 Å². The molecule has 0 fully saturated rings. The van der Waals surface area contributed by atoms with E-state index >= 15 is 0 Å². The first-order chi connectivity index (χ1) is 27.0. The predicted octanol–water partition coefficient (Wildman–Crippen LogP) is 12.9. The fourth-order valence-corrected chi connectivity index (χ4v) is 13.1. The molecule has 0 aliphatic rings. The third-order valence-corrected chi connectivity index (χ3v) is 19.4. The molecule has 0 aliphatic heterocycles. The highest BCUT2D eigenvalue weighted by Gasteiger charge is 2.27. The van der Waals surface area contributed by atoms with Crippen molar-refractivity contribution in [3.8, 4) is 0 Å². The van der Waals surface area contributed by atoms with Crippen molar-refractivity contribution in [1.82, 2.24) is 0 Å². The van der Waals surface area contributed by atoms with E-state index in [4.69, 9.17) is 0 Å². The van der Waals surface area contributed by atoms with Gasteiger partial charge >= 0.3 is 0 Å². The van der Waals surface area contributed by atoms with Gasteiger partial charge in [0.1, 0.15) is 0 Å². The van der Waals surface area contributed by atoms with Crippen LogP contribution in [0.1, 0.15) is 0 Å². The molecule has 0 saturated heterocycles. The van der Waals surface area contributed by atoms with Gasteiger partial charge in [0.2, 0.25) is 0 Å². The molecule has 57 heavy (non-hydrogen) atoms. The molecular formula is C51H58N2Si4. The Morgan fingerprint density at radius 1 is 0.333 bits per heavy atom. The summed E-state index contributed by atoms with van der Waals surface area (Å²) in [6, 6.07) is 56.0. The summed E-state index contributed by atoms with van der Waals surface area (Å²) in [5.74, 6) is 0. The van der Waals surface area contributed by atoms with Gasteiger partial charge in [-0.3, -0.25) is 0 Å². The second-order valence-corrected chi connectivity index (χ2v) is 37.7. The zero-order chi connectivity index (χ0) is 40.4. The van der Waals surface area contributed by atoms with E-state index in [2.05, 4.69) is 227 Å². The summed E-state index contributed by atoms with van der Waals surface area (Å²) in [6.45, 7) is 27.1. The first kappa shape index (κ1) is 39.1. The molecule has 0 N–H and O–H groups in total. The maximum Gasteiger partial charge on any atom is 0.0776 e. The molecule has 0 heterocycles. The first-order valence-corrected chi connectivity index (χ1v) is 34.1. The van der Waals surface area contributed by atoms with E-state index in [0.29, 0.717) is 0 Å². The fourth-order valence-electron chi connectivity index (χ4n) is 8.25. The lowest BCUT2D eigenvalue weighted by atomic mass is 9.93. The topological polar surface area (TPSA) is 6.48 Å². The summed E-state index contributed by atoms with van der Waals surface area (Å²) >= 11 is 0. The van der Waals surface area contributed by atoms with Crippen molar-refractivity contribution in [2.75, 3.05) is 9.80 Å². The van der Waals surface area contributed by atoms with Crippen molar-refractivity contribution in [2.45, 2.75) is 72.0 Å². The third-order valence-electron chi connectivity index (χ3n) is 11.7. The smallest absolute Gasteiger partial charge is 0.0776 e. The highest BCUT2D eigenvalue weighted by molar-refractivity contribution is 6.91. The molecule has 0 aliphatic carbocycles. The monoisotopic (exact) mass is 810 g/mol. The van der Waals surface area contributed by atoms with Crippen molar-refractivity contribution in [3.05, 3.63) is 146 Å². The maximum absolute atomic E-state index is 2.53. The lowest BCUT2D eigenvalue weighted by Crippen LogP contribution is -2.45. The van der Waals surface area contributed by atoms with Crippen molar-refractivity contribution in [3.63, 3.8) is 0 Å². The molecule has 0 bridgehead atoms. The average molecular weight is 811 g/mol. The second-order valence-electron chi connectivity index (χ2n) is 19.5. The summed E-state index contributed by atoms with van der Waals surface area (Å²) in [5, 5.41) is 13.9. The highest BCUT2D eigenvalue weighted by Crippen LogP contribution is 2.44. The summed E-state index contributed by atoms with van der Waals surface area (Å²) < 4.78 is 0. The van der Waals surface area contributed by atoms with Crippen molar-refractivity contribution >= 4 is 120 Å². The SMILES string of the molecule is C[SiH](C)c1cc(N(c2ccccc2)c2cc3ccc4cc(N(c5ccccc5)c5cc([Si](C)(C)C)cc([Si](C)(C)C)c5)cc5ccc(c2)c3c45)cc([Si](C)(C)C)c1. The van der Waals surface area contributed by atoms with E-state index < -0.39 is 33.0 Å². The molecule has 0 unspecified atom stereocenters. The van der Waals surface area contributed by atoms with Crippen LogP contribution in [0.2, 0.25) is 72.0 Å². The van der Waals surface area contributed by atoms with Crippen LogP contribution in [-0.2, 0) is 0 Å². The van der Waals surface area contributed by atoms with Crippen LogP contribution < -0.4 is 30.5 Å². The molecule has 8 aromatic carbocycles. The van der Waals surface area contributed by atoms with Gasteiger partial charge in [-0.2, -0.15) is 0 Å². The molecule has 8 aromatic rings. The van der Waals surface area contributed by atoms with Gasteiger partial charge < -0.3 is 9.80 Å². The predicted molar refractivity (Wildman–Crippen MR) is 267 cm³/mol. The summed E-state index contributed by atoms with van der Waals surface area (Å²) in [6.07, 6.45) is 0. The van der Waals surface area contributed by atoms with Crippen LogP contribution in [0.4, 0.5) is 34.1 Å². The van der Waals surface area contributed by atoms with E-state index in [1.165, 1.54) is 87.2 Å². The number of benzene rings is 8. The van der Waals surface area contributed by atoms with Gasteiger partial charge in [-0.05, 0) is 105 Å². The van der Waals surface area contributed by atoms with Crippen molar-refractivity contribution in [1.29, 1.82) is 0 Å². The minimum atomic E-state index is -1.60. The normalized spacial score (nSPS) is 12.6. The average Bonchev–Trinajstić information content (AvgIpc) is 3.16. The number of hydrogen-bond acceptors (Lipinski definition) is 2. The largest absolute Gasteiger partial charge is 0.310 e. The third kappa shape index (κ3) is 7.68. The minimum Gasteiger partial charge on any atom is -0.310 e. The Hall–Kier alpha value is -4.73. The molecule has 8 rings (SSSR count). The fraction of sp³-hybridized carbons (Fsp3) is 0.216. The molecule has 0 aromatic heterocycles. The number of anilines is 6. The van der Waals surface area contributed by atoms with Crippen molar-refractivity contribution in [2.24, 2.45) is 0 Å². The van der Waals surface area contributed by atoms with Gasteiger partial charge in [-0.25, -0.2) is 0 Å². The molecule has 0 saturated carbocycles. The Labute approximate surface area is 345 Å². The number of hydrogen-bond donors (Lipinski definition) is 0. The summed E-state index contributed by atoms with van der Waals surface area (Å²) in [7, 11) is -5.82. The van der Waals surface area contributed by atoms with Crippen LogP contribution in [0.25, 0.3) is 32.3 Å². The van der Waals surface area contributed by atoms with Crippen LogP contribution in [0.15, 0.2) is 146 Å². The molecule has 0 amide bonds. The summed E-state index contributed by atoms with van der Waals surface area (Å²) in [4.78, 5) is 5.00. The lowest BCUT2D eigenvalue weighted by molar-refractivity contribution is 1.29. The van der Waals surface area contributed by atoms with Gasteiger partial charge in [-0.1, -0.05) is 166 Å². The summed E-state index contributed by atoms with van der Waals surface area (Å²) in [5.41, 5.74) is 7.31. The van der Waals surface area contributed by atoms with E-state index in [1.807, 2.05) is 0 Å². The molecule has 0 atom stereocenters. The second kappa shape index (κ2) is 14.6. The Morgan fingerprint density at radius 2 is 0.649 bits per heavy atom. The molecule has 2 nitrogen and oxygen atoms in total. The molecule has 288 valence electrons. The van der Waals surface area contributed by atoms with E-state index in [9.17, 15) is 0 Å². The Bertz CT molecular complexity index is 2620. The Balaban J connectivity index is 1.32. The minimum absolute atomic E-state index is 1.05. The van der Waals surface area contributed by atoms with Crippen LogP contribution in [0.5, 0.6) is 0 Å². The number of para-hydroxylation sites is 2. The van der Waals surface area contributed by atoms with Crippen LogP contribution >= 0.6 is 0 Å². The maximum atomic E-state index is 2.53. The molecular weight excluding hydrogens is 753 g/mol. The van der Waals surface area contributed by atoms with E-state index in [1.54, 1.807) is 0 Å². The van der Waals surface area contributed by atoms with Gasteiger partial charge in [0, 0.05) is 34.1 Å². The molecule has 0 spiro atoms. The lowest BCUT2D eigenvalue weighted by Gasteiger charge is -2.31. The van der Waals surface area contributed by atoms with Crippen LogP contribution in [0.3, 0.4) is 0 Å². The quantitative estimate of drug-likeness (QED) is 0.100. The first-order valence-electron chi connectivity index (χ1n) is 20.7. The van der Waals surface area contributed by atoms with E-state index in [0.717, 1.165) is 0 Å². The van der Waals surface area contributed by atoms with Crippen LogP contribution in [-0.4, -0.2) is 33.0 Å². The van der Waals surface area contributed by atoms with Crippen molar-refractivity contribution < 1.29 is 0 Å². The standard InChI is InChI=1S/C51H58N2Si4/c1-54(2)46-30-44(31-47(34-46)55(3,4)5)52(40-18-14-12-15-19-40)42-26-36-22-24-38-28-43(29-39-25-23-37(27-42)50(36)51(38)39)53(41-20-16-13-17-21-41)45-32-48(56(6,7)8)35-49(33-45)57(9,10)11/h12-35,54H,1-11H3. The molecule has 0 radical (unpaired) electrons. The number of rotatable bonds is 10. The Morgan fingerprint density at radius 3 is 0.982 bits per heavy atom.